The van der Waals surface area contributed by atoms with Crippen LogP contribution < -0.4 is 0 Å². The normalized spacial score (nSPS) is 9.77. The summed E-state index contributed by atoms with van der Waals surface area (Å²) in [6.07, 6.45) is 11.5. The molecule has 6 rings (SSSR count). The molecule has 0 radical (unpaired) electrons. The third-order valence-corrected chi connectivity index (χ3v) is 5.98. The van der Waals surface area contributed by atoms with E-state index in [1.54, 1.807) is 70.5 Å². The van der Waals surface area contributed by atoms with Crippen LogP contribution in [-0.4, -0.2) is 39.5 Å². The van der Waals surface area contributed by atoms with Gasteiger partial charge >= 0.3 is 0 Å². The Labute approximate surface area is 261 Å². The minimum absolute atomic E-state index is 0.228. The molecule has 0 spiro atoms. The monoisotopic (exact) mass is 684 g/mol. The van der Waals surface area contributed by atoms with Gasteiger partial charge in [0.2, 0.25) is 11.6 Å². The van der Waals surface area contributed by atoms with E-state index in [0.717, 1.165) is 26.5 Å². The van der Waals surface area contributed by atoms with Crippen LogP contribution in [-0.2, 0) is 0 Å². The Hall–Kier alpha value is -5.27. The maximum atomic E-state index is 13.0. The summed E-state index contributed by atoms with van der Waals surface area (Å²) in [5.41, 5.74) is 4.25. The molecular formula is C32H23F2IN8. The number of aryl methyl sites for hydroxylation is 2. The Bertz CT molecular complexity index is 1870. The van der Waals surface area contributed by atoms with Gasteiger partial charge in [-0.05, 0) is 127 Å². The van der Waals surface area contributed by atoms with Gasteiger partial charge in [0.15, 0.2) is 0 Å². The number of hydrogen-bond donors (Lipinski definition) is 0. The average molecular weight is 684 g/mol. The van der Waals surface area contributed by atoms with E-state index in [0.29, 0.717) is 17.3 Å². The van der Waals surface area contributed by atoms with E-state index in [4.69, 9.17) is 6.42 Å². The third-order valence-electron chi connectivity index (χ3n) is 5.45. The van der Waals surface area contributed by atoms with E-state index in [1.807, 2.05) is 26.0 Å². The molecule has 0 saturated heterocycles. The number of hydrogen-bond acceptors (Lipinski definition) is 6. The van der Waals surface area contributed by atoms with Gasteiger partial charge in [-0.1, -0.05) is 0 Å². The molecule has 0 saturated carbocycles. The fourth-order valence-corrected chi connectivity index (χ4v) is 4.18. The lowest BCUT2D eigenvalue weighted by Crippen LogP contribution is -1.98. The molecule has 0 fully saturated rings. The third kappa shape index (κ3) is 9.11. The lowest BCUT2D eigenvalue weighted by Gasteiger charge is -2.02. The molecule has 2 aromatic carbocycles. The highest BCUT2D eigenvalue weighted by molar-refractivity contribution is 14.1. The molecule has 212 valence electrons. The van der Waals surface area contributed by atoms with E-state index in [-0.39, 0.29) is 11.6 Å². The molecule has 0 bridgehead atoms. The molecule has 0 aliphatic rings. The summed E-state index contributed by atoms with van der Waals surface area (Å²) < 4.78 is 30.1. The van der Waals surface area contributed by atoms with E-state index in [2.05, 4.69) is 70.5 Å². The molecule has 0 aliphatic heterocycles. The minimum atomic E-state index is -0.273. The van der Waals surface area contributed by atoms with Crippen molar-refractivity contribution in [2.24, 2.45) is 0 Å². The standard InChI is InChI=1S/C16H11FN4.C10H8FIN2.C6H4N2/c1-12-11-14(5-8-16-18-9-2-10-19-16)20-21(12)15-6-3-13(17)4-7-15;1-7-6-10(12)13-14(7)9-4-2-8(11)3-5-9;1-2-6-7-4-3-5-8-6/h2-4,6-7,9-11H,1H3;2-6H,1H3;1,3-5H. The summed E-state index contributed by atoms with van der Waals surface area (Å²) in [6, 6.07) is 19.7. The van der Waals surface area contributed by atoms with Crippen LogP contribution in [0, 0.1) is 53.4 Å². The number of aromatic nitrogens is 8. The maximum absolute atomic E-state index is 13.0. The van der Waals surface area contributed by atoms with Crippen LogP contribution in [0.15, 0.2) is 97.6 Å². The molecule has 11 heteroatoms. The van der Waals surface area contributed by atoms with Gasteiger partial charge in [-0.2, -0.15) is 10.2 Å². The second-order valence-corrected chi connectivity index (χ2v) is 9.70. The topological polar surface area (TPSA) is 87.2 Å². The molecule has 0 N–H and O–H groups in total. The van der Waals surface area contributed by atoms with E-state index >= 15 is 0 Å². The van der Waals surface area contributed by atoms with Crippen molar-refractivity contribution in [1.29, 1.82) is 0 Å². The van der Waals surface area contributed by atoms with Crippen molar-refractivity contribution in [1.82, 2.24) is 39.5 Å². The van der Waals surface area contributed by atoms with Crippen LogP contribution in [0.25, 0.3) is 11.4 Å². The van der Waals surface area contributed by atoms with E-state index in [1.165, 1.54) is 24.3 Å². The summed E-state index contributed by atoms with van der Waals surface area (Å²) in [5.74, 6) is 8.47. The lowest BCUT2D eigenvalue weighted by atomic mass is 10.3. The molecule has 0 unspecified atom stereocenters. The Morgan fingerprint density at radius 3 is 1.56 bits per heavy atom. The Morgan fingerprint density at radius 1 is 0.651 bits per heavy atom. The number of benzene rings is 2. The van der Waals surface area contributed by atoms with Gasteiger partial charge in [0.25, 0.3) is 0 Å². The van der Waals surface area contributed by atoms with Crippen LogP contribution >= 0.6 is 22.6 Å². The van der Waals surface area contributed by atoms with E-state index < -0.39 is 0 Å². The Balaban J connectivity index is 0.000000165. The molecule has 43 heavy (non-hydrogen) atoms. The minimum Gasteiger partial charge on any atom is -0.237 e. The highest BCUT2D eigenvalue weighted by Gasteiger charge is 2.05. The fraction of sp³-hybridized carbons (Fsp3) is 0.0625. The molecule has 0 atom stereocenters. The largest absolute Gasteiger partial charge is 0.237 e. The van der Waals surface area contributed by atoms with Gasteiger partial charge in [-0.25, -0.2) is 38.1 Å². The molecule has 4 heterocycles. The number of rotatable bonds is 2. The van der Waals surface area contributed by atoms with Crippen molar-refractivity contribution in [3.63, 3.8) is 0 Å². The smallest absolute Gasteiger partial charge is 0.205 e. The average Bonchev–Trinajstić information content (AvgIpc) is 3.58. The molecule has 0 aliphatic carbocycles. The summed E-state index contributed by atoms with van der Waals surface area (Å²) in [5, 5.41) is 8.68. The van der Waals surface area contributed by atoms with Gasteiger partial charge in [0.1, 0.15) is 21.0 Å². The number of terminal acetylenes is 1. The van der Waals surface area contributed by atoms with Crippen LogP contribution in [0.5, 0.6) is 0 Å². The van der Waals surface area contributed by atoms with Gasteiger partial charge in [-0.15, -0.1) is 6.42 Å². The SMILES string of the molecule is C#Cc1ncccn1.Cc1cc(C#Cc2ncccn2)nn1-c1ccc(F)cc1.Cc1cc(I)nn1-c1ccc(F)cc1. The number of halogens is 3. The van der Waals surface area contributed by atoms with E-state index in [9.17, 15) is 8.78 Å². The zero-order valence-electron chi connectivity index (χ0n) is 23.0. The molecule has 8 nitrogen and oxygen atoms in total. The molecule has 6 aromatic rings. The van der Waals surface area contributed by atoms with Crippen molar-refractivity contribution in [2.45, 2.75) is 13.8 Å². The van der Waals surface area contributed by atoms with Gasteiger partial charge < -0.3 is 0 Å². The number of nitrogens with zero attached hydrogens (tertiary/aromatic N) is 8. The van der Waals surface area contributed by atoms with Crippen LogP contribution in [0.1, 0.15) is 28.7 Å². The first-order valence-corrected chi connectivity index (χ1v) is 13.7. The van der Waals surface area contributed by atoms with Crippen LogP contribution in [0.3, 0.4) is 0 Å². The van der Waals surface area contributed by atoms with Crippen LogP contribution in [0.4, 0.5) is 8.78 Å². The summed E-state index contributed by atoms with van der Waals surface area (Å²) in [6.45, 7) is 3.89. The van der Waals surface area contributed by atoms with Crippen molar-refractivity contribution in [3.05, 3.63) is 142 Å². The first kappa shape index (κ1) is 30.7. The maximum Gasteiger partial charge on any atom is 0.205 e. The molecule has 4 aromatic heterocycles. The highest BCUT2D eigenvalue weighted by Crippen LogP contribution is 2.14. The summed E-state index contributed by atoms with van der Waals surface area (Å²) in [4.78, 5) is 15.6. The van der Waals surface area contributed by atoms with Gasteiger partial charge in [0.05, 0.1) is 11.4 Å². The predicted octanol–water partition coefficient (Wildman–Crippen LogP) is 5.89. The second-order valence-electron chi connectivity index (χ2n) is 8.59. The quantitative estimate of drug-likeness (QED) is 0.167. The molecular weight excluding hydrogens is 661 g/mol. The Kier molecular flexibility index (Phi) is 10.8. The van der Waals surface area contributed by atoms with Crippen LogP contribution in [0.2, 0.25) is 0 Å². The van der Waals surface area contributed by atoms with Crippen molar-refractivity contribution < 1.29 is 8.78 Å². The van der Waals surface area contributed by atoms with Gasteiger partial charge in [-0.3, -0.25) is 0 Å². The van der Waals surface area contributed by atoms with Crippen molar-refractivity contribution in [3.8, 4) is 35.6 Å². The highest BCUT2D eigenvalue weighted by atomic mass is 127. The van der Waals surface area contributed by atoms with Gasteiger partial charge in [0, 0.05) is 36.2 Å². The summed E-state index contributed by atoms with van der Waals surface area (Å²) >= 11 is 2.15. The fourth-order valence-electron chi connectivity index (χ4n) is 3.52. The summed E-state index contributed by atoms with van der Waals surface area (Å²) in [7, 11) is 0. The predicted molar refractivity (Wildman–Crippen MR) is 167 cm³/mol. The lowest BCUT2D eigenvalue weighted by molar-refractivity contribution is 0.626. The zero-order valence-corrected chi connectivity index (χ0v) is 25.2. The Morgan fingerprint density at radius 2 is 1.12 bits per heavy atom. The first-order chi connectivity index (χ1) is 20.8. The molecule has 0 amide bonds. The van der Waals surface area contributed by atoms with Crippen molar-refractivity contribution >= 4 is 22.6 Å². The zero-order chi connectivity index (χ0) is 30.6. The second kappa shape index (κ2) is 15.1. The first-order valence-electron chi connectivity index (χ1n) is 12.7. The van der Waals surface area contributed by atoms with Crippen molar-refractivity contribution in [2.75, 3.05) is 0 Å².